The molecule has 8 nitrogen and oxygen atoms in total. The Hall–Kier alpha value is -3.55. The zero-order valence-electron chi connectivity index (χ0n) is 15.3. The summed E-state index contributed by atoms with van der Waals surface area (Å²) in [5, 5.41) is 7.61. The van der Waals surface area contributed by atoms with Crippen LogP contribution in [0.5, 0.6) is 0 Å². The van der Waals surface area contributed by atoms with Crippen molar-refractivity contribution in [1.29, 1.82) is 0 Å². The Balaban J connectivity index is 1.59. The van der Waals surface area contributed by atoms with E-state index >= 15 is 0 Å². The number of hydrogen-bond donors (Lipinski definition) is 2. The van der Waals surface area contributed by atoms with Crippen molar-refractivity contribution in [2.75, 3.05) is 14.1 Å². The molecule has 0 fully saturated rings. The van der Waals surface area contributed by atoms with Crippen LogP contribution >= 0.6 is 0 Å². The average Bonchev–Trinajstić information content (AvgIpc) is 3.33. The number of nitrogens with zero attached hydrogens (tertiary/aromatic N) is 4. The van der Waals surface area contributed by atoms with Gasteiger partial charge in [-0.1, -0.05) is 18.2 Å². The van der Waals surface area contributed by atoms with Gasteiger partial charge in [0.25, 0.3) is 5.91 Å². The van der Waals surface area contributed by atoms with Crippen LogP contribution in [0, 0.1) is 0 Å². The third kappa shape index (κ3) is 4.55. The second-order valence-electron chi connectivity index (χ2n) is 6.02. The summed E-state index contributed by atoms with van der Waals surface area (Å²) in [5.74, 6) is 0.858. The van der Waals surface area contributed by atoms with Crippen molar-refractivity contribution in [3.05, 3.63) is 71.9 Å². The summed E-state index contributed by atoms with van der Waals surface area (Å²) in [7, 11) is 3.65. The summed E-state index contributed by atoms with van der Waals surface area (Å²) < 4.78 is 7.21. The molecular formula is C19H22N6O2. The van der Waals surface area contributed by atoms with Crippen molar-refractivity contribution in [2.45, 2.75) is 13.1 Å². The summed E-state index contributed by atoms with van der Waals surface area (Å²) in [5.41, 5.74) is 7.26. The van der Waals surface area contributed by atoms with E-state index in [2.05, 4.69) is 15.4 Å². The third-order valence-electron chi connectivity index (χ3n) is 3.98. The second-order valence-corrected chi connectivity index (χ2v) is 6.02. The van der Waals surface area contributed by atoms with Crippen LogP contribution in [0.2, 0.25) is 0 Å². The number of amides is 1. The molecule has 0 saturated carbocycles. The van der Waals surface area contributed by atoms with Gasteiger partial charge in [-0.3, -0.25) is 9.79 Å². The highest BCUT2D eigenvalue weighted by Gasteiger charge is 2.11. The number of carbonyl (C=O) groups excluding carboxylic acids is 1. The van der Waals surface area contributed by atoms with Crippen LogP contribution in [0.15, 0.2) is 64.3 Å². The molecule has 0 atom stereocenters. The van der Waals surface area contributed by atoms with Gasteiger partial charge in [0.05, 0.1) is 18.4 Å². The number of nitrogens with two attached hydrogens (primary N) is 1. The zero-order chi connectivity index (χ0) is 19.2. The summed E-state index contributed by atoms with van der Waals surface area (Å²) in [6.07, 6.45) is 3.83. The van der Waals surface area contributed by atoms with Gasteiger partial charge in [-0.25, -0.2) is 4.68 Å². The van der Waals surface area contributed by atoms with Gasteiger partial charge in [-0.2, -0.15) is 5.10 Å². The predicted molar refractivity (Wildman–Crippen MR) is 102 cm³/mol. The van der Waals surface area contributed by atoms with Gasteiger partial charge in [0.15, 0.2) is 11.7 Å². The number of para-hydroxylation sites is 1. The first-order chi connectivity index (χ1) is 13.1. The van der Waals surface area contributed by atoms with Crippen molar-refractivity contribution >= 4 is 11.9 Å². The van der Waals surface area contributed by atoms with Crippen molar-refractivity contribution in [2.24, 2.45) is 10.7 Å². The van der Waals surface area contributed by atoms with Gasteiger partial charge in [0.2, 0.25) is 0 Å². The maximum atomic E-state index is 11.1. The number of primary amides is 1. The molecule has 2 heterocycles. The largest absolute Gasteiger partial charge is 0.454 e. The molecule has 140 valence electrons. The van der Waals surface area contributed by atoms with Crippen molar-refractivity contribution in [3.63, 3.8) is 0 Å². The van der Waals surface area contributed by atoms with Gasteiger partial charge < -0.3 is 20.4 Å². The summed E-state index contributed by atoms with van der Waals surface area (Å²) >= 11 is 0. The number of aromatic nitrogens is 2. The molecule has 0 aliphatic carbocycles. The van der Waals surface area contributed by atoms with Crippen LogP contribution < -0.4 is 11.1 Å². The topological polar surface area (TPSA) is 102 Å². The Kier molecular flexibility index (Phi) is 5.55. The lowest BCUT2D eigenvalue weighted by atomic mass is 10.3. The van der Waals surface area contributed by atoms with E-state index in [4.69, 9.17) is 10.2 Å². The van der Waals surface area contributed by atoms with Gasteiger partial charge in [-0.05, 0) is 24.3 Å². The van der Waals surface area contributed by atoms with E-state index in [9.17, 15) is 4.79 Å². The van der Waals surface area contributed by atoms with Crippen molar-refractivity contribution in [3.8, 4) is 5.69 Å². The van der Waals surface area contributed by atoms with E-state index in [-0.39, 0.29) is 5.76 Å². The Morgan fingerprint density at radius 2 is 2.07 bits per heavy atom. The Morgan fingerprint density at radius 1 is 1.30 bits per heavy atom. The van der Waals surface area contributed by atoms with E-state index in [1.54, 1.807) is 19.2 Å². The molecule has 0 spiro atoms. The normalized spacial score (nSPS) is 11.4. The predicted octanol–water partition coefficient (Wildman–Crippen LogP) is 1.77. The Labute approximate surface area is 157 Å². The Morgan fingerprint density at radius 3 is 2.74 bits per heavy atom. The van der Waals surface area contributed by atoms with Crippen LogP contribution in [0.25, 0.3) is 5.69 Å². The first kappa shape index (κ1) is 18.2. The lowest BCUT2D eigenvalue weighted by molar-refractivity contribution is 0.0972. The van der Waals surface area contributed by atoms with Crippen LogP contribution in [0.3, 0.4) is 0 Å². The lowest BCUT2D eigenvalue weighted by Crippen LogP contribution is -2.37. The molecule has 27 heavy (non-hydrogen) atoms. The minimum Gasteiger partial charge on any atom is -0.454 e. The SMILES string of the molecule is CN=C(NCc1ccc(C(N)=O)o1)N(C)Cc1cnn(-c2ccccc2)c1. The smallest absolute Gasteiger partial charge is 0.284 e. The molecule has 1 amide bonds. The highest BCUT2D eigenvalue weighted by Crippen LogP contribution is 2.10. The first-order valence-corrected chi connectivity index (χ1v) is 8.46. The quantitative estimate of drug-likeness (QED) is 0.511. The highest BCUT2D eigenvalue weighted by atomic mass is 16.3. The molecule has 2 aromatic heterocycles. The number of carbonyl (C=O) groups is 1. The van der Waals surface area contributed by atoms with E-state index in [0.717, 1.165) is 11.3 Å². The summed E-state index contributed by atoms with van der Waals surface area (Å²) in [6, 6.07) is 13.2. The monoisotopic (exact) mass is 366 g/mol. The summed E-state index contributed by atoms with van der Waals surface area (Å²) in [6.45, 7) is 1.03. The fourth-order valence-electron chi connectivity index (χ4n) is 2.67. The van der Waals surface area contributed by atoms with Crippen molar-refractivity contribution in [1.82, 2.24) is 20.0 Å². The molecule has 0 bridgehead atoms. The molecule has 1 aromatic carbocycles. The molecule has 3 N–H and O–H groups in total. The number of rotatable bonds is 6. The second kappa shape index (κ2) is 8.22. The van der Waals surface area contributed by atoms with Crippen molar-refractivity contribution < 1.29 is 9.21 Å². The molecule has 8 heteroatoms. The van der Waals surface area contributed by atoms with E-state index in [1.165, 1.54) is 0 Å². The number of nitrogens with one attached hydrogen (secondary N) is 1. The van der Waals surface area contributed by atoms with Gasteiger partial charge >= 0.3 is 0 Å². The molecule has 3 aromatic rings. The molecule has 0 unspecified atom stereocenters. The number of hydrogen-bond acceptors (Lipinski definition) is 4. The maximum Gasteiger partial charge on any atom is 0.284 e. The van der Waals surface area contributed by atoms with E-state index < -0.39 is 5.91 Å². The number of furan rings is 1. The number of guanidine groups is 1. The third-order valence-corrected chi connectivity index (χ3v) is 3.98. The highest BCUT2D eigenvalue weighted by molar-refractivity contribution is 5.89. The zero-order valence-corrected chi connectivity index (χ0v) is 15.3. The van der Waals surface area contributed by atoms with E-state index in [1.807, 2.05) is 59.4 Å². The van der Waals surface area contributed by atoms with Gasteiger partial charge in [-0.15, -0.1) is 0 Å². The lowest BCUT2D eigenvalue weighted by Gasteiger charge is -2.21. The minimum atomic E-state index is -0.585. The van der Waals surface area contributed by atoms with Crippen LogP contribution in [0.1, 0.15) is 21.9 Å². The van der Waals surface area contributed by atoms with Crippen LogP contribution in [0.4, 0.5) is 0 Å². The maximum absolute atomic E-state index is 11.1. The standard InChI is InChI=1S/C19H22N6O2/c1-21-19(22-11-16-8-9-17(27-16)18(20)26)24(2)12-14-10-23-25(13-14)15-6-4-3-5-7-15/h3-10,13H,11-12H2,1-2H3,(H2,20,26)(H,21,22). The fourth-order valence-corrected chi connectivity index (χ4v) is 2.67. The van der Waals surface area contributed by atoms with Crippen LogP contribution in [-0.4, -0.2) is 40.6 Å². The number of aliphatic imine (C=N–C) groups is 1. The number of benzene rings is 1. The molecule has 0 radical (unpaired) electrons. The fraction of sp³-hybridized carbons (Fsp3) is 0.211. The van der Waals surface area contributed by atoms with Gasteiger partial charge in [0.1, 0.15) is 5.76 Å². The van der Waals surface area contributed by atoms with Gasteiger partial charge in [0, 0.05) is 32.4 Å². The average molecular weight is 366 g/mol. The van der Waals surface area contributed by atoms with E-state index in [0.29, 0.717) is 24.8 Å². The molecule has 3 rings (SSSR count). The first-order valence-electron chi connectivity index (χ1n) is 8.46. The molecule has 0 saturated heterocycles. The molecule has 0 aliphatic rings. The Bertz CT molecular complexity index is 929. The van der Waals surface area contributed by atoms with Crippen LogP contribution in [-0.2, 0) is 13.1 Å². The minimum absolute atomic E-state index is 0.142. The summed E-state index contributed by atoms with van der Waals surface area (Å²) in [4.78, 5) is 17.3. The molecule has 0 aliphatic heterocycles. The molecular weight excluding hydrogens is 344 g/mol.